The van der Waals surface area contributed by atoms with Crippen molar-refractivity contribution in [2.45, 2.75) is 10.2 Å². The van der Waals surface area contributed by atoms with Gasteiger partial charge in [0.2, 0.25) is 0 Å². The first-order chi connectivity index (χ1) is 6.85. The third-order valence-electron chi connectivity index (χ3n) is 1.49. The zero-order valence-electron chi connectivity index (χ0n) is 7.12. The summed E-state index contributed by atoms with van der Waals surface area (Å²) in [5.74, 6) is -2.43. The fourth-order valence-corrected chi connectivity index (χ4v) is 1.96. The van der Waals surface area contributed by atoms with E-state index in [0.717, 1.165) is 12.1 Å². The molecule has 15 heavy (non-hydrogen) atoms. The van der Waals surface area contributed by atoms with Crippen LogP contribution in [0.2, 0.25) is 5.02 Å². The summed E-state index contributed by atoms with van der Waals surface area (Å²) in [5, 5.41) is 3.96. The standard InChI is InChI=1S/C8H5ClF2O3S/c9-5-2-1-3-6(4-5)15(14)8(10,11)7(12)13/h1-4H,(H,12,13). The third kappa shape index (κ3) is 2.51. The summed E-state index contributed by atoms with van der Waals surface area (Å²) in [7, 11) is -2.95. The van der Waals surface area contributed by atoms with Gasteiger partial charge in [-0.05, 0) is 18.2 Å². The topological polar surface area (TPSA) is 54.4 Å². The SMILES string of the molecule is O=C(O)C(F)(F)S(=O)c1cccc(Cl)c1. The van der Waals surface area contributed by atoms with Crippen molar-refractivity contribution >= 4 is 28.4 Å². The van der Waals surface area contributed by atoms with E-state index in [1.807, 2.05) is 0 Å². The van der Waals surface area contributed by atoms with Crippen molar-refractivity contribution in [2.75, 3.05) is 0 Å². The summed E-state index contributed by atoms with van der Waals surface area (Å²) in [4.78, 5) is 9.82. The van der Waals surface area contributed by atoms with E-state index in [-0.39, 0.29) is 9.92 Å². The van der Waals surface area contributed by atoms with Gasteiger partial charge in [-0.3, -0.25) is 0 Å². The molecule has 7 heteroatoms. The van der Waals surface area contributed by atoms with E-state index in [2.05, 4.69) is 0 Å². The fraction of sp³-hybridized carbons (Fsp3) is 0.125. The van der Waals surface area contributed by atoms with Crippen LogP contribution in [0.15, 0.2) is 29.2 Å². The minimum Gasteiger partial charge on any atom is -0.476 e. The molecule has 0 spiro atoms. The number of hydrogen-bond acceptors (Lipinski definition) is 2. The number of carbonyl (C=O) groups is 1. The second-order valence-corrected chi connectivity index (χ2v) is 4.51. The minimum atomic E-state index is -4.31. The molecule has 82 valence electrons. The summed E-state index contributed by atoms with van der Waals surface area (Å²) in [6.07, 6.45) is 0. The first-order valence-electron chi connectivity index (χ1n) is 3.64. The van der Waals surface area contributed by atoms with Crippen LogP contribution in [0.3, 0.4) is 0 Å². The molecule has 0 aliphatic carbocycles. The highest BCUT2D eigenvalue weighted by Crippen LogP contribution is 2.26. The maximum atomic E-state index is 12.8. The second-order valence-electron chi connectivity index (χ2n) is 2.55. The molecule has 0 bridgehead atoms. The molecular weight excluding hydrogens is 250 g/mol. The molecule has 3 nitrogen and oxygen atoms in total. The molecule has 0 amide bonds. The molecule has 0 fully saturated rings. The van der Waals surface area contributed by atoms with Crippen molar-refractivity contribution in [3.8, 4) is 0 Å². The molecule has 0 aromatic heterocycles. The summed E-state index contributed by atoms with van der Waals surface area (Å²) < 4.78 is 36.8. The van der Waals surface area contributed by atoms with Gasteiger partial charge in [0.25, 0.3) is 0 Å². The molecule has 0 aliphatic rings. The number of halogens is 3. The number of rotatable bonds is 3. The van der Waals surface area contributed by atoms with Crippen molar-refractivity contribution in [3.63, 3.8) is 0 Å². The Labute approximate surface area is 91.1 Å². The average molecular weight is 255 g/mol. The number of aliphatic carboxylic acids is 1. The van der Waals surface area contributed by atoms with E-state index >= 15 is 0 Å². The van der Waals surface area contributed by atoms with Crippen molar-refractivity contribution in [1.82, 2.24) is 0 Å². The smallest absolute Gasteiger partial charge is 0.419 e. The first-order valence-corrected chi connectivity index (χ1v) is 5.17. The molecule has 1 aromatic carbocycles. The van der Waals surface area contributed by atoms with Gasteiger partial charge in [-0.25, -0.2) is 9.00 Å². The number of alkyl halides is 2. The largest absolute Gasteiger partial charge is 0.476 e. The molecule has 1 atom stereocenters. The van der Waals surface area contributed by atoms with Crippen LogP contribution in [0.5, 0.6) is 0 Å². The van der Waals surface area contributed by atoms with E-state index < -0.39 is 22.0 Å². The Morgan fingerprint density at radius 3 is 2.53 bits per heavy atom. The highest BCUT2D eigenvalue weighted by Gasteiger charge is 2.46. The molecule has 0 radical (unpaired) electrons. The van der Waals surface area contributed by atoms with Crippen LogP contribution in [-0.2, 0) is 15.6 Å². The predicted molar refractivity (Wildman–Crippen MR) is 50.4 cm³/mol. The minimum absolute atomic E-state index is 0.113. The van der Waals surface area contributed by atoms with Crippen LogP contribution < -0.4 is 0 Å². The van der Waals surface area contributed by atoms with Crippen LogP contribution in [0.4, 0.5) is 8.78 Å². The maximum absolute atomic E-state index is 12.8. The average Bonchev–Trinajstić information content (AvgIpc) is 2.16. The van der Waals surface area contributed by atoms with Crippen LogP contribution in [0.25, 0.3) is 0 Å². The predicted octanol–water partition coefficient (Wildman–Crippen LogP) is 2.12. The van der Waals surface area contributed by atoms with Crippen molar-refractivity contribution in [3.05, 3.63) is 29.3 Å². The number of carboxylic acid groups (broad SMARTS) is 1. The zero-order chi connectivity index (χ0) is 11.6. The van der Waals surface area contributed by atoms with E-state index in [1.54, 1.807) is 0 Å². The zero-order valence-corrected chi connectivity index (χ0v) is 8.69. The highest BCUT2D eigenvalue weighted by atomic mass is 35.5. The summed E-state index contributed by atoms with van der Waals surface area (Å²) in [6, 6.07) is 4.88. The monoisotopic (exact) mass is 254 g/mol. The van der Waals surface area contributed by atoms with Crippen molar-refractivity contribution in [2.24, 2.45) is 0 Å². The molecule has 0 saturated carbocycles. The van der Waals surface area contributed by atoms with Crippen molar-refractivity contribution in [1.29, 1.82) is 0 Å². The van der Waals surface area contributed by atoms with Crippen molar-refractivity contribution < 1.29 is 22.9 Å². The Kier molecular flexibility index (Phi) is 3.41. The van der Waals surface area contributed by atoms with Gasteiger partial charge >= 0.3 is 11.2 Å². The van der Waals surface area contributed by atoms with Gasteiger partial charge in [-0.2, -0.15) is 8.78 Å². The first kappa shape index (κ1) is 12.1. The van der Waals surface area contributed by atoms with Crippen LogP contribution in [-0.4, -0.2) is 20.5 Å². The lowest BCUT2D eigenvalue weighted by Crippen LogP contribution is -2.33. The maximum Gasteiger partial charge on any atom is 0.419 e. The van der Waals surface area contributed by atoms with Gasteiger partial charge < -0.3 is 5.11 Å². The van der Waals surface area contributed by atoms with Crippen LogP contribution >= 0.6 is 11.6 Å². The van der Waals surface area contributed by atoms with Gasteiger partial charge in [0.15, 0.2) is 0 Å². The van der Waals surface area contributed by atoms with E-state index in [0.29, 0.717) is 0 Å². The Balaban J connectivity index is 3.10. The molecule has 0 saturated heterocycles. The lowest BCUT2D eigenvalue weighted by atomic mass is 10.4. The van der Waals surface area contributed by atoms with Gasteiger partial charge in [-0.15, -0.1) is 0 Å². The normalized spacial score (nSPS) is 13.5. The highest BCUT2D eigenvalue weighted by molar-refractivity contribution is 7.87. The third-order valence-corrected chi connectivity index (χ3v) is 3.05. The van der Waals surface area contributed by atoms with Crippen LogP contribution in [0, 0.1) is 0 Å². The molecule has 1 unspecified atom stereocenters. The van der Waals surface area contributed by atoms with Gasteiger partial charge in [0.1, 0.15) is 10.8 Å². The Morgan fingerprint density at radius 1 is 1.47 bits per heavy atom. The molecule has 0 aliphatic heterocycles. The molecule has 1 aromatic rings. The second kappa shape index (κ2) is 4.24. The van der Waals surface area contributed by atoms with Gasteiger partial charge in [0.05, 0.1) is 0 Å². The Hall–Kier alpha value is -1.01. The number of benzene rings is 1. The number of carboxylic acids is 1. The van der Waals surface area contributed by atoms with Crippen LogP contribution in [0.1, 0.15) is 0 Å². The van der Waals surface area contributed by atoms with E-state index in [1.165, 1.54) is 12.1 Å². The van der Waals surface area contributed by atoms with Gasteiger partial charge in [-0.1, -0.05) is 17.7 Å². The van der Waals surface area contributed by atoms with Gasteiger partial charge in [0, 0.05) is 9.92 Å². The van der Waals surface area contributed by atoms with E-state index in [4.69, 9.17) is 16.7 Å². The lowest BCUT2D eigenvalue weighted by Gasteiger charge is -2.10. The van der Waals surface area contributed by atoms with E-state index in [9.17, 15) is 17.8 Å². The molecule has 0 heterocycles. The molecule has 1 N–H and O–H groups in total. The fourth-order valence-electron chi connectivity index (χ4n) is 0.810. The Morgan fingerprint density at radius 2 is 2.07 bits per heavy atom. The molecular formula is C8H5ClF2O3S. The summed E-state index contributed by atoms with van der Waals surface area (Å²) in [5.41, 5.74) is 0. The quantitative estimate of drug-likeness (QED) is 0.899. The summed E-state index contributed by atoms with van der Waals surface area (Å²) >= 11 is 5.49. The molecule has 1 rings (SSSR count). The lowest BCUT2D eigenvalue weighted by molar-refractivity contribution is -0.153. The number of hydrogen-bond donors (Lipinski definition) is 1. The summed E-state index contributed by atoms with van der Waals surface area (Å²) in [6.45, 7) is 0. The Bertz CT molecular complexity index is 422.